The van der Waals surface area contributed by atoms with Gasteiger partial charge in [-0.05, 0) is 6.42 Å². The molecule has 0 bridgehead atoms. The van der Waals surface area contributed by atoms with Gasteiger partial charge in [-0.2, -0.15) is 0 Å². The van der Waals surface area contributed by atoms with E-state index in [1.54, 1.807) is 0 Å². The van der Waals surface area contributed by atoms with Gasteiger partial charge in [-0.1, -0.05) is 12.8 Å². The standard InChI is InChI=1S/C14H26N3O6/c15-10-2-8(13(22)16-11(4-18)5-19)1-9(3-10)14(23)17-12(6-20)7-21/h8-12,15,18-21H,1-7H2,(H,16,22)(H,17,23)/q-1. The molecule has 2 unspecified atom stereocenters. The predicted octanol–water partition coefficient (Wildman–Crippen LogP) is -2.24. The number of carbonyl (C=O) groups is 2. The molecule has 0 aromatic heterocycles. The highest BCUT2D eigenvalue weighted by Crippen LogP contribution is 2.31. The van der Waals surface area contributed by atoms with Crippen molar-refractivity contribution in [3.63, 3.8) is 0 Å². The average Bonchev–Trinajstić information content (AvgIpc) is 2.56. The number of aliphatic hydroxyl groups is 4. The molecule has 0 aromatic carbocycles. The second-order valence-corrected chi connectivity index (χ2v) is 5.94. The molecule has 2 atom stereocenters. The number of hydrogen-bond acceptors (Lipinski definition) is 6. The maximum Gasteiger partial charge on any atom is 0.223 e. The summed E-state index contributed by atoms with van der Waals surface area (Å²) in [6.07, 6.45) is 0.867. The first-order chi connectivity index (χ1) is 10.9. The Balaban J connectivity index is 2.64. The zero-order valence-corrected chi connectivity index (χ0v) is 12.9. The Morgan fingerprint density at radius 2 is 1.17 bits per heavy atom. The Bertz CT molecular complexity index is 353. The van der Waals surface area contributed by atoms with Gasteiger partial charge in [0.05, 0.1) is 38.5 Å². The molecular weight excluding hydrogens is 306 g/mol. The molecule has 0 radical (unpaired) electrons. The zero-order chi connectivity index (χ0) is 17.4. The summed E-state index contributed by atoms with van der Waals surface area (Å²) < 4.78 is 0. The number of aliphatic hydroxyl groups excluding tert-OH is 4. The van der Waals surface area contributed by atoms with Gasteiger partial charge in [-0.25, -0.2) is 0 Å². The lowest BCUT2D eigenvalue weighted by Gasteiger charge is -2.37. The molecule has 7 N–H and O–H groups in total. The van der Waals surface area contributed by atoms with E-state index in [1.165, 1.54) is 0 Å². The summed E-state index contributed by atoms with van der Waals surface area (Å²) in [5.41, 5.74) is 7.91. The lowest BCUT2D eigenvalue weighted by molar-refractivity contribution is -0.131. The first-order valence-electron chi connectivity index (χ1n) is 7.70. The summed E-state index contributed by atoms with van der Waals surface area (Å²) in [6.45, 7) is -1.56. The average molecular weight is 332 g/mol. The number of carbonyl (C=O) groups excluding carboxylic acids is 2. The third-order valence-electron chi connectivity index (χ3n) is 4.02. The maximum atomic E-state index is 12.1. The van der Waals surface area contributed by atoms with Crippen molar-refractivity contribution in [1.29, 1.82) is 0 Å². The normalized spacial score (nSPS) is 24.7. The summed E-state index contributed by atoms with van der Waals surface area (Å²) >= 11 is 0. The van der Waals surface area contributed by atoms with Crippen LogP contribution >= 0.6 is 0 Å². The van der Waals surface area contributed by atoms with Crippen molar-refractivity contribution in [3.05, 3.63) is 5.73 Å². The lowest BCUT2D eigenvalue weighted by Crippen LogP contribution is -2.48. The molecule has 0 spiro atoms. The van der Waals surface area contributed by atoms with Gasteiger partial charge < -0.3 is 36.8 Å². The van der Waals surface area contributed by atoms with Gasteiger partial charge in [-0.15, -0.1) is 6.04 Å². The third kappa shape index (κ3) is 6.04. The molecule has 1 aliphatic rings. The van der Waals surface area contributed by atoms with Gasteiger partial charge in [0.25, 0.3) is 0 Å². The highest BCUT2D eigenvalue weighted by Gasteiger charge is 2.33. The van der Waals surface area contributed by atoms with E-state index in [0.717, 1.165) is 0 Å². The Kier molecular flexibility index (Phi) is 8.42. The quantitative estimate of drug-likeness (QED) is 0.294. The Hall–Kier alpha value is -1.26. The highest BCUT2D eigenvalue weighted by atomic mass is 16.3. The van der Waals surface area contributed by atoms with E-state index < -0.39 is 68.2 Å². The zero-order valence-electron chi connectivity index (χ0n) is 12.9. The fourth-order valence-electron chi connectivity index (χ4n) is 2.68. The van der Waals surface area contributed by atoms with Gasteiger partial charge in [-0.3, -0.25) is 9.59 Å². The van der Waals surface area contributed by atoms with E-state index in [0.29, 0.717) is 12.8 Å². The molecule has 9 nitrogen and oxygen atoms in total. The van der Waals surface area contributed by atoms with Crippen LogP contribution in [0.2, 0.25) is 0 Å². The fraction of sp³-hybridized carbons (Fsp3) is 0.857. The Morgan fingerprint density at radius 3 is 1.48 bits per heavy atom. The predicted molar refractivity (Wildman–Crippen MR) is 81.1 cm³/mol. The smallest absolute Gasteiger partial charge is 0.223 e. The van der Waals surface area contributed by atoms with Crippen LogP contribution in [0.1, 0.15) is 19.3 Å². The van der Waals surface area contributed by atoms with Crippen LogP contribution in [0.25, 0.3) is 5.73 Å². The van der Waals surface area contributed by atoms with Crippen molar-refractivity contribution >= 4 is 11.8 Å². The van der Waals surface area contributed by atoms with Crippen LogP contribution in [0.3, 0.4) is 0 Å². The lowest BCUT2D eigenvalue weighted by atomic mass is 9.78. The first kappa shape index (κ1) is 19.8. The molecule has 0 heterocycles. The molecule has 1 fully saturated rings. The number of rotatable bonds is 8. The number of amides is 2. The SMILES string of the molecule is [NH-]C1CC(C(=O)NC(CO)CO)CC(C(=O)NC(CO)CO)C1. The molecule has 1 rings (SSSR count). The fourth-order valence-corrected chi connectivity index (χ4v) is 2.68. The van der Waals surface area contributed by atoms with Crippen molar-refractivity contribution in [3.8, 4) is 0 Å². The van der Waals surface area contributed by atoms with Crippen LogP contribution in [-0.4, -0.2) is 76.8 Å². The third-order valence-corrected chi connectivity index (χ3v) is 4.02. The van der Waals surface area contributed by atoms with E-state index in [1.807, 2.05) is 0 Å². The Morgan fingerprint density at radius 1 is 0.826 bits per heavy atom. The second-order valence-electron chi connectivity index (χ2n) is 5.94. The molecule has 2 amide bonds. The van der Waals surface area contributed by atoms with E-state index in [4.69, 9.17) is 26.2 Å². The summed E-state index contributed by atoms with van der Waals surface area (Å²) in [6, 6.07) is -2.08. The van der Waals surface area contributed by atoms with Crippen molar-refractivity contribution < 1.29 is 30.0 Å². The monoisotopic (exact) mass is 332 g/mol. The first-order valence-corrected chi connectivity index (χ1v) is 7.70. The molecule has 134 valence electrons. The summed E-state index contributed by atoms with van der Waals surface area (Å²) in [5, 5.41) is 41.0. The van der Waals surface area contributed by atoms with Crippen molar-refractivity contribution in [1.82, 2.24) is 10.6 Å². The van der Waals surface area contributed by atoms with Crippen molar-refractivity contribution in [2.45, 2.75) is 37.4 Å². The second kappa shape index (κ2) is 9.78. The van der Waals surface area contributed by atoms with Crippen molar-refractivity contribution in [2.24, 2.45) is 11.8 Å². The minimum absolute atomic E-state index is 0.250. The van der Waals surface area contributed by atoms with Crippen LogP contribution in [0, 0.1) is 11.8 Å². The highest BCUT2D eigenvalue weighted by molar-refractivity contribution is 5.83. The largest absolute Gasteiger partial charge is 0.675 e. The molecule has 0 aromatic rings. The van der Waals surface area contributed by atoms with Crippen molar-refractivity contribution in [2.75, 3.05) is 26.4 Å². The summed E-state index contributed by atoms with van der Waals surface area (Å²) in [4.78, 5) is 24.3. The minimum atomic E-state index is -0.756. The van der Waals surface area contributed by atoms with Crippen LogP contribution in [0.4, 0.5) is 0 Å². The molecule has 1 aliphatic carbocycles. The van der Waals surface area contributed by atoms with Crippen LogP contribution < -0.4 is 10.6 Å². The summed E-state index contributed by atoms with van der Waals surface area (Å²) in [7, 11) is 0. The summed E-state index contributed by atoms with van der Waals surface area (Å²) in [5.74, 6) is -1.89. The van der Waals surface area contributed by atoms with Gasteiger partial charge in [0.15, 0.2) is 0 Å². The topological polar surface area (TPSA) is 163 Å². The molecule has 0 saturated heterocycles. The van der Waals surface area contributed by atoms with Gasteiger partial charge in [0, 0.05) is 11.8 Å². The van der Waals surface area contributed by atoms with Gasteiger partial charge >= 0.3 is 0 Å². The molecule has 9 heteroatoms. The maximum absolute atomic E-state index is 12.1. The van der Waals surface area contributed by atoms with E-state index in [9.17, 15) is 9.59 Å². The number of nitrogens with one attached hydrogen (secondary N) is 3. The molecule has 1 saturated carbocycles. The van der Waals surface area contributed by atoms with Gasteiger partial charge in [0.2, 0.25) is 11.8 Å². The minimum Gasteiger partial charge on any atom is -0.675 e. The van der Waals surface area contributed by atoms with Crippen LogP contribution in [-0.2, 0) is 9.59 Å². The van der Waals surface area contributed by atoms with E-state index in [-0.39, 0.29) is 6.42 Å². The van der Waals surface area contributed by atoms with Crippen LogP contribution in [0.5, 0.6) is 0 Å². The molecule has 23 heavy (non-hydrogen) atoms. The Labute approximate surface area is 134 Å². The van der Waals surface area contributed by atoms with E-state index >= 15 is 0 Å². The number of hydrogen-bond donors (Lipinski definition) is 6. The molecule has 0 aliphatic heterocycles. The van der Waals surface area contributed by atoms with Crippen LogP contribution in [0.15, 0.2) is 0 Å². The van der Waals surface area contributed by atoms with E-state index in [2.05, 4.69) is 10.6 Å². The van der Waals surface area contributed by atoms with Gasteiger partial charge in [0.1, 0.15) is 0 Å². The molecular formula is C14H26N3O6-.